The summed E-state index contributed by atoms with van der Waals surface area (Å²) in [5, 5.41) is -1.66. The van der Waals surface area contributed by atoms with E-state index in [1.165, 1.54) is 76.3 Å². The van der Waals surface area contributed by atoms with Gasteiger partial charge in [-0.25, -0.2) is 0 Å². The zero-order chi connectivity index (χ0) is 18.9. The number of rotatable bonds is 13. The molecule has 0 aromatic heterocycles. The molecule has 3 heteroatoms. The summed E-state index contributed by atoms with van der Waals surface area (Å²) in [6.45, 7) is 8.26. The molecular weight excluding hydrogens is 398 g/mol. The predicted octanol–water partition coefficient (Wildman–Crippen LogP) is 9.24. The van der Waals surface area contributed by atoms with Crippen LogP contribution in [0.2, 0.25) is 18.0 Å². The van der Waals surface area contributed by atoms with Crippen LogP contribution in [0.15, 0.2) is 0 Å². The predicted molar refractivity (Wildman–Crippen MR) is 130 cm³/mol. The Balaban J connectivity index is 1.99. The maximum absolute atomic E-state index is 4.61. The molecule has 0 nitrogen and oxygen atoms in total. The molecule has 0 atom stereocenters. The second kappa shape index (κ2) is 11.2. The van der Waals surface area contributed by atoms with Crippen molar-refractivity contribution in [2.24, 2.45) is 0 Å². The van der Waals surface area contributed by atoms with Gasteiger partial charge in [0.1, 0.15) is 0 Å². The molecule has 0 spiro atoms. The van der Waals surface area contributed by atoms with Gasteiger partial charge in [-0.1, -0.05) is 0 Å². The minimum absolute atomic E-state index is 1.10. The van der Waals surface area contributed by atoms with Gasteiger partial charge in [0.05, 0.1) is 0 Å². The van der Waals surface area contributed by atoms with Gasteiger partial charge in [0.2, 0.25) is 0 Å². The third kappa shape index (κ3) is 6.51. The van der Waals surface area contributed by atoms with Crippen LogP contribution in [0.25, 0.3) is 0 Å². The Morgan fingerprint density at radius 1 is 0.692 bits per heavy atom. The summed E-state index contributed by atoms with van der Waals surface area (Å²) in [5.74, 6) is 2.21. The van der Waals surface area contributed by atoms with Crippen LogP contribution in [0.5, 0.6) is 0 Å². The average Bonchev–Trinajstić information content (AvgIpc) is 2.64. The van der Waals surface area contributed by atoms with Gasteiger partial charge in [-0.15, -0.1) is 0 Å². The fraction of sp³-hybridized carbons (Fsp3) is 1.00. The van der Waals surface area contributed by atoms with E-state index in [1.807, 2.05) is 0 Å². The van der Waals surface area contributed by atoms with Gasteiger partial charge in [-0.2, -0.15) is 0 Å². The molecule has 2 aliphatic rings. The Bertz CT molecular complexity index is 353. The number of fused-ring (bicyclic) bond motifs is 2. The second-order valence-electron chi connectivity index (χ2n) is 9.96. The van der Waals surface area contributed by atoms with Crippen LogP contribution in [-0.4, -0.2) is 31.4 Å². The van der Waals surface area contributed by atoms with Gasteiger partial charge in [0.25, 0.3) is 0 Å². The molecule has 2 rings (SSSR count). The van der Waals surface area contributed by atoms with Crippen LogP contribution < -0.4 is 0 Å². The zero-order valence-electron chi connectivity index (χ0n) is 18.3. The fourth-order valence-electron chi connectivity index (χ4n) is 6.34. The van der Waals surface area contributed by atoms with E-state index in [0.717, 1.165) is 18.3 Å². The molecule has 2 saturated heterocycles. The van der Waals surface area contributed by atoms with Crippen LogP contribution >= 0.6 is 20.8 Å². The van der Waals surface area contributed by atoms with Gasteiger partial charge >= 0.3 is 174 Å². The number of unbranched alkanes of at least 4 members (excludes halogenated alkanes) is 3. The standard InChI is InChI=1S/C23H47BBrP/c1-4-7-18-26(25,19-8-5-2,20-9-6-3)21-12-17-24-22-13-10-14-23(24)16-11-15-22/h22-23H,4-21H2,1-3H3. The molecule has 0 radical (unpaired) electrons. The normalized spacial score (nSPS) is 25.1. The van der Waals surface area contributed by atoms with E-state index < -0.39 is 5.31 Å². The molecule has 0 saturated carbocycles. The van der Waals surface area contributed by atoms with Crippen molar-refractivity contribution in [1.29, 1.82) is 0 Å². The first kappa shape index (κ1) is 23.3. The molecule has 2 heterocycles. The third-order valence-corrected chi connectivity index (χ3v) is 18.0. The Kier molecular flexibility index (Phi) is 10.0. The Labute approximate surface area is 174 Å². The van der Waals surface area contributed by atoms with E-state index in [-0.39, 0.29) is 0 Å². The Hall–Kier alpha value is 0.975. The summed E-state index contributed by atoms with van der Waals surface area (Å²) in [5.41, 5.74) is 0. The monoisotopic (exact) mass is 444 g/mol. The average molecular weight is 445 g/mol. The van der Waals surface area contributed by atoms with Gasteiger partial charge in [-0.3, -0.25) is 0 Å². The summed E-state index contributed by atoms with van der Waals surface area (Å²) in [4.78, 5) is 0. The molecule has 2 bridgehead atoms. The first-order chi connectivity index (χ1) is 12.5. The van der Waals surface area contributed by atoms with Crippen molar-refractivity contribution in [2.75, 3.05) is 24.6 Å². The Morgan fingerprint density at radius 3 is 1.46 bits per heavy atom. The van der Waals surface area contributed by atoms with E-state index in [9.17, 15) is 0 Å². The van der Waals surface area contributed by atoms with E-state index in [4.69, 9.17) is 0 Å². The molecule has 0 aliphatic carbocycles. The fourth-order valence-corrected chi connectivity index (χ4v) is 15.0. The van der Waals surface area contributed by atoms with Crippen molar-refractivity contribution in [3.63, 3.8) is 0 Å². The third-order valence-electron chi connectivity index (χ3n) is 7.98. The van der Waals surface area contributed by atoms with Crippen LogP contribution in [0, 0.1) is 0 Å². The number of halogens is 1. The molecule has 0 amide bonds. The topological polar surface area (TPSA) is 0 Å². The first-order valence-electron chi connectivity index (χ1n) is 12.3. The van der Waals surface area contributed by atoms with Crippen molar-refractivity contribution in [1.82, 2.24) is 0 Å². The number of hydrogen-bond donors (Lipinski definition) is 0. The summed E-state index contributed by atoms with van der Waals surface area (Å²) in [7, 11) is 0. The molecular formula is C23H47BBrP. The van der Waals surface area contributed by atoms with Crippen molar-refractivity contribution in [3.8, 4) is 0 Å². The summed E-state index contributed by atoms with van der Waals surface area (Å²) in [6.07, 6.45) is 27.0. The summed E-state index contributed by atoms with van der Waals surface area (Å²) in [6, 6.07) is 0. The minimum atomic E-state index is -1.66. The van der Waals surface area contributed by atoms with Crippen LogP contribution in [0.4, 0.5) is 0 Å². The van der Waals surface area contributed by atoms with Gasteiger partial charge in [-0.05, 0) is 0 Å². The van der Waals surface area contributed by atoms with Gasteiger partial charge in [0, 0.05) is 0 Å². The van der Waals surface area contributed by atoms with E-state index in [1.54, 1.807) is 38.2 Å². The molecule has 0 N–H and O–H groups in total. The summed E-state index contributed by atoms with van der Waals surface area (Å²) >= 11 is 4.61. The first-order valence-corrected chi connectivity index (χ1v) is 17.3. The Morgan fingerprint density at radius 2 is 1.08 bits per heavy atom. The van der Waals surface area contributed by atoms with E-state index in [2.05, 4.69) is 36.3 Å². The maximum atomic E-state index is 4.61. The van der Waals surface area contributed by atoms with Crippen molar-refractivity contribution in [2.45, 2.75) is 122 Å². The van der Waals surface area contributed by atoms with Crippen molar-refractivity contribution in [3.05, 3.63) is 0 Å². The molecule has 154 valence electrons. The van der Waals surface area contributed by atoms with Gasteiger partial charge in [0.15, 0.2) is 0 Å². The zero-order valence-corrected chi connectivity index (χ0v) is 20.8. The molecule has 2 fully saturated rings. The van der Waals surface area contributed by atoms with Crippen LogP contribution in [0.3, 0.4) is 0 Å². The SMILES string of the molecule is CCCCP(Br)(CCCC)(CCCC)CCCB1C2CCCC1CCC2. The summed E-state index contributed by atoms with van der Waals surface area (Å²) < 4.78 is 0. The molecule has 26 heavy (non-hydrogen) atoms. The molecule has 2 aliphatic heterocycles. The van der Waals surface area contributed by atoms with E-state index in [0.29, 0.717) is 0 Å². The second-order valence-corrected chi connectivity index (χ2v) is 21.4. The number of hydrogen-bond acceptors (Lipinski definition) is 0. The van der Waals surface area contributed by atoms with Crippen molar-refractivity contribution < 1.29 is 0 Å². The molecule has 0 aromatic carbocycles. The quantitative estimate of drug-likeness (QED) is 0.196. The molecule has 0 aromatic rings. The molecule has 0 unspecified atom stereocenters. The van der Waals surface area contributed by atoms with Gasteiger partial charge < -0.3 is 0 Å². The van der Waals surface area contributed by atoms with Crippen LogP contribution in [-0.2, 0) is 0 Å². The van der Waals surface area contributed by atoms with Crippen LogP contribution in [0.1, 0.15) is 104 Å². The van der Waals surface area contributed by atoms with E-state index >= 15 is 0 Å². The van der Waals surface area contributed by atoms with Crippen molar-refractivity contribution >= 4 is 27.5 Å².